The summed E-state index contributed by atoms with van der Waals surface area (Å²) in [7, 11) is 0. The molecular formula is C17H21N5O. The molecule has 0 aliphatic heterocycles. The third-order valence-electron chi connectivity index (χ3n) is 4.64. The molecule has 0 radical (unpaired) electrons. The first-order chi connectivity index (χ1) is 11.3. The average molecular weight is 311 g/mol. The van der Waals surface area contributed by atoms with Crippen LogP contribution >= 0.6 is 0 Å². The van der Waals surface area contributed by atoms with Crippen molar-refractivity contribution in [1.29, 1.82) is 0 Å². The van der Waals surface area contributed by atoms with Gasteiger partial charge in [0.2, 0.25) is 5.82 Å². The summed E-state index contributed by atoms with van der Waals surface area (Å²) in [4.78, 5) is 25.6. The molecular weight excluding hydrogens is 290 g/mol. The number of rotatable bonds is 4. The van der Waals surface area contributed by atoms with Crippen molar-refractivity contribution >= 4 is 5.91 Å². The van der Waals surface area contributed by atoms with E-state index in [-0.39, 0.29) is 17.8 Å². The predicted octanol–water partition coefficient (Wildman–Crippen LogP) is 2.60. The quantitative estimate of drug-likeness (QED) is 0.942. The van der Waals surface area contributed by atoms with Crippen molar-refractivity contribution in [3.05, 3.63) is 36.3 Å². The molecule has 1 N–H and O–H groups in total. The molecule has 4 rings (SSSR count). The minimum absolute atomic E-state index is 0.152. The van der Waals surface area contributed by atoms with E-state index in [1.54, 1.807) is 12.5 Å². The van der Waals surface area contributed by atoms with Gasteiger partial charge in [0.05, 0.1) is 0 Å². The van der Waals surface area contributed by atoms with E-state index in [1.807, 2.05) is 16.8 Å². The molecule has 0 bridgehead atoms. The first-order valence-electron chi connectivity index (χ1n) is 8.48. The fourth-order valence-electron chi connectivity index (χ4n) is 3.17. The van der Waals surface area contributed by atoms with E-state index in [9.17, 15) is 4.79 Å². The number of hydrogen-bond donors (Lipinski definition) is 1. The molecule has 2 fully saturated rings. The van der Waals surface area contributed by atoms with Crippen molar-refractivity contribution in [2.45, 2.75) is 56.9 Å². The number of carbonyl (C=O) groups is 1. The molecule has 2 aromatic rings. The number of amides is 1. The number of aromatic nitrogens is 4. The van der Waals surface area contributed by atoms with Crippen LogP contribution in [0.2, 0.25) is 0 Å². The third-order valence-corrected chi connectivity index (χ3v) is 4.64. The van der Waals surface area contributed by atoms with Crippen molar-refractivity contribution in [2.75, 3.05) is 0 Å². The highest BCUT2D eigenvalue weighted by Crippen LogP contribution is 2.39. The molecule has 23 heavy (non-hydrogen) atoms. The minimum Gasteiger partial charge on any atom is -0.347 e. The Balaban J connectivity index is 1.60. The second-order valence-corrected chi connectivity index (χ2v) is 6.53. The fourth-order valence-corrected chi connectivity index (χ4v) is 3.17. The number of nitrogens with zero attached hydrogens (tertiary/aromatic N) is 4. The molecule has 2 heterocycles. The summed E-state index contributed by atoms with van der Waals surface area (Å²) in [5.74, 6) is 1.32. The smallest absolute Gasteiger partial charge is 0.289 e. The molecule has 2 aliphatic rings. The van der Waals surface area contributed by atoms with Gasteiger partial charge < -0.3 is 5.32 Å². The van der Waals surface area contributed by atoms with Gasteiger partial charge in [-0.1, -0.05) is 19.3 Å². The summed E-state index contributed by atoms with van der Waals surface area (Å²) in [6.07, 6.45) is 13.3. The average Bonchev–Trinajstić information content (AvgIpc) is 3.30. The Hall–Kier alpha value is -2.24. The number of hydrogen-bond acceptors (Lipinski definition) is 4. The monoisotopic (exact) mass is 311 g/mol. The van der Waals surface area contributed by atoms with Gasteiger partial charge in [-0.05, 0) is 25.7 Å². The highest BCUT2D eigenvalue weighted by Gasteiger charge is 2.28. The van der Waals surface area contributed by atoms with Gasteiger partial charge >= 0.3 is 0 Å². The van der Waals surface area contributed by atoms with Gasteiger partial charge in [-0.3, -0.25) is 9.36 Å². The van der Waals surface area contributed by atoms with E-state index in [1.165, 1.54) is 19.3 Å². The van der Waals surface area contributed by atoms with E-state index in [4.69, 9.17) is 0 Å². The molecule has 6 nitrogen and oxygen atoms in total. The van der Waals surface area contributed by atoms with Gasteiger partial charge in [0.25, 0.3) is 5.91 Å². The van der Waals surface area contributed by atoms with E-state index in [0.717, 1.165) is 31.4 Å². The zero-order valence-electron chi connectivity index (χ0n) is 13.1. The second-order valence-electron chi connectivity index (χ2n) is 6.53. The summed E-state index contributed by atoms with van der Waals surface area (Å²) >= 11 is 0. The molecule has 2 aliphatic carbocycles. The SMILES string of the molecule is O=C(NC1CCCCC1)c1nc(C2CC2)cc(-n2ccnc2)n1. The molecule has 6 heteroatoms. The van der Waals surface area contributed by atoms with E-state index in [0.29, 0.717) is 11.7 Å². The maximum absolute atomic E-state index is 12.6. The second kappa shape index (κ2) is 6.10. The van der Waals surface area contributed by atoms with Crippen LogP contribution < -0.4 is 5.32 Å². The highest BCUT2D eigenvalue weighted by atomic mass is 16.2. The van der Waals surface area contributed by atoms with Crippen LogP contribution in [0.4, 0.5) is 0 Å². The van der Waals surface area contributed by atoms with Gasteiger partial charge in [0.15, 0.2) is 0 Å². The van der Waals surface area contributed by atoms with Crippen LogP contribution in [0, 0.1) is 0 Å². The summed E-state index contributed by atoms with van der Waals surface area (Å²) in [5.41, 5.74) is 0.970. The van der Waals surface area contributed by atoms with Crippen molar-refractivity contribution in [2.24, 2.45) is 0 Å². The summed E-state index contributed by atoms with van der Waals surface area (Å²) < 4.78 is 1.82. The van der Waals surface area contributed by atoms with Crippen LogP contribution in [0.5, 0.6) is 0 Å². The molecule has 0 saturated heterocycles. The van der Waals surface area contributed by atoms with Crippen molar-refractivity contribution in [3.63, 3.8) is 0 Å². The maximum atomic E-state index is 12.6. The van der Waals surface area contributed by atoms with Crippen molar-refractivity contribution in [1.82, 2.24) is 24.8 Å². The maximum Gasteiger partial charge on any atom is 0.289 e. The molecule has 0 atom stereocenters. The molecule has 0 spiro atoms. The Kier molecular flexibility index (Phi) is 3.81. The lowest BCUT2D eigenvalue weighted by Gasteiger charge is -2.22. The van der Waals surface area contributed by atoms with E-state index >= 15 is 0 Å². The molecule has 2 aromatic heterocycles. The van der Waals surface area contributed by atoms with Gasteiger partial charge in [-0.15, -0.1) is 0 Å². The Morgan fingerprint density at radius 3 is 2.65 bits per heavy atom. The molecule has 1 amide bonds. The Labute approximate surface area is 135 Å². The topological polar surface area (TPSA) is 72.7 Å². The lowest BCUT2D eigenvalue weighted by Crippen LogP contribution is -2.37. The number of nitrogens with one attached hydrogen (secondary N) is 1. The summed E-state index contributed by atoms with van der Waals surface area (Å²) in [5, 5.41) is 3.11. The first kappa shape index (κ1) is 14.4. The lowest BCUT2D eigenvalue weighted by atomic mass is 9.95. The predicted molar refractivity (Wildman–Crippen MR) is 85.5 cm³/mol. The summed E-state index contributed by atoms with van der Waals surface area (Å²) in [6, 6.07) is 2.23. The van der Waals surface area contributed by atoms with Gasteiger partial charge in [0, 0.05) is 36.1 Å². The molecule has 0 unspecified atom stereocenters. The third kappa shape index (κ3) is 3.25. The number of carbonyl (C=O) groups excluding carboxylic acids is 1. The summed E-state index contributed by atoms with van der Waals surface area (Å²) in [6.45, 7) is 0. The molecule has 0 aromatic carbocycles. The van der Waals surface area contributed by atoms with E-state index < -0.39 is 0 Å². The van der Waals surface area contributed by atoms with Crippen molar-refractivity contribution in [3.8, 4) is 5.82 Å². The Morgan fingerprint density at radius 1 is 1.13 bits per heavy atom. The molecule has 2 saturated carbocycles. The van der Waals surface area contributed by atoms with Crippen LogP contribution in [-0.2, 0) is 0 Å². The first-order valence-corrected chi connectivity index (χ1v) is 8.48. The highest BCUT2D eigenvalue weighted by molar-refractivity contribution is 5.90. The standard InChI is InChI=1S/C17H21N5O/c23-17(19-13-4-2-1-3-5-13)16-20-14(12-6-7-12)10-15(21-16)22-9-8-18-11-22/h8-13H,1-7H2,(H,19,23). The Bertz CT molecular complexity index is 687. The fraction of sp³-hybridized carbons (Fsp3) is 0.529. The number of imidazole rings is 1. The van der Waals surface area contributed by atoms with Gasteiger partial charge in [0.1, 0.15) is 12.1 Å². The largest absolute Gasteiger partial charge is 0.347 e. The van der Waals surface area contributed by atoms with Crippen LogP contribution in [0.3, 0.4) is 0 Å². The zero-order chi connectivity index (χ0) is 15.6. The normalized spacial score (nSPS) is 18.8. The Morgan fingerprint density at radius 2 is 1.96 bits per heavy atom. The lowest BCUT2D eigenvalue weighted by molar-refractivity contribution is 0.0916. The van der Waals surface area contributed by atoms with Crippen LogP contribution in [0.25, 0.3) is 5.82 Å². The van der Waals surface area contributed by atoms with Crippen molar-refractivity contribution < 1.29 is 4.79 Å². The van der Waals surface area contributed by atoms with Crippen LogP contribution in [-0.4, -0.2) is 31.5 Å². The zero-order valence-corrected chi connectivity index (χ0v) is 13.1. The van der Waals surface area contributed by atoms with Gasteiger partial charge in [-0.25, -0.2) is 15.0 Å². The minimum atomic E-state index is -0.152. The van der Waals surface area contributed by atoms with Crippen LogP contribution in [0.15, 0.2) is 24.8 Å². The van der Waals surface area contributed by atoms with E-state index in [2.05, 4.69) is 20.3 Å². The van der Waals surface area contributed by atoms with Crippen LogP contribution in [0.1, 0.15) is 67.2 Å². The molecule has 120 valence electrons. The van der Waals surface area contributed by atoms with Gasteiger partial charge in [-0.2, -0.15) is 0 Å².